The standard InChI is InChI=1S/C58H36N4/c1-3-9-37(10-4-1)38-15-17-39(18-16-38)45-23-19-41-25-31-52(59-55(41)35-45)46-24-20-42-26-33-53(60-56(42)36-46)49-29-30-50(48-14-8-7-13-47(48)49)54-34-28-44-22-21-43-27-32-51(40-11-5-2-6-12-40)61-57(43)58(44)62-54/h1-36H. The maximum Gasteiger partial charge on any atom is 0.0972 e. The van der Waals surface area contributed by atoms with Gasteiger partial charge in [-0.2, -0.15) is 0 Å². The highest BCUT2D eigenvalue weighted by atomic mass is 14.8. The minimum Gasteiger partial charge on any atom is -0.248 e. The van der Waals surface area contributed by atoms with Crippen molar-refractivity contribution in [3.8, 4) is 67.3 Å². The molecule has 0 amide bonds. The molecule has 4 heteroatoms. The summed E-state index contributed by atoms with van der Waals surface area (Å²) in [7, 11) is 0. The molecule has 0 N–H and O–H groups in total. The third-order valence-corrected chi connectivity index (χ3v) is 12.1. The lowest BCUT2D eigenvalue weighted by atomic mass is 9.95. The fraction of sp³-hybridized carbons (Fsp3) is 0. The number of hydrogen-bond acceptors (Lipinski definition) is 4. The van der Waals surface area contributed by atoms with Gasteiger partial charge in [-0.05, 0) is 69.4 Å². The summed E-state index contributed by atoms with van der Waals surface area (Å²) in [6.07, 6.45) is 0. The first-order valence-electron chi connectivity index (χ1n) is 20.9. The molecule has 0 atom stereocenters. The maximum absolute atomic E-state index is 5.31. The van der Waals surface area contributed by atoms with Gasteiger partial charge in [-0.15, -0.1) is 0 Å². The van der Waals surface area contributed by atoms with Crippen molar-refractivity contribution in [2.75, 3.05) is 0 Å². The molecular weight excluding hydrogens is 753 g/mol. The summed E-state index contributed by atoms with van der Waals surface area (Å²) in [4.78, 5) is 20.9. The van der Waals surface area contributed by atoms with E-state index in [0.717, 1.165) is 105 Å². The van der Waals surface area contributed by atoms with Gasteiger partial charge in [0, 0.05) is 43.8 Å². The Morgan fingerprint density at radius 2 is 0.597 bits per heavy atom. The lowest BCUT2D eigenvalue weighted by Crippen LogP contribution is -1.93. The molecule has 0 fully saturated rings. The summed E-state index contributed by atoms with van der Waals surface area (Å²) in [6, 6.07) is 76.8. The van der Waals surface area contributed by atoms with Gasteiger partial charge in [0.25, 0.3) is 0 Å². The predicted octanol–water partition coefficient (Wildman–Crippen LogP) is 15.0. The Labute approximate surface area is 358 Å². The molecule has 4 heterocycles. The molecule has 12 rings (SSSR count). The molecule has 0 saturated carbocycles. The zero-order valence-electron chi connectivity index (χ0n) is 33.6. The SMILES string of the molecule is c1ccc(-c2ccc(-c3ccc4ccc(-c5ccc6ccc(-c7ccc(-c8ccc9ccc%10ccc(-c%11ccccc%11)nc%10c9n8)c8ccccc78)nc6c5)nc4c3)cc2)cc1. The molecule has 4 nitrogen and oxygen atoms in total. The van der Waals surface area contributed by atoms with Crippen LogP contribution in [0.1, 0.15) is 0 Å². The molecule has 0 aliphatic heterocycles. The van der Waals surface area contributed by atoms with Crippen LogP contribution in [0.15, 0.2) is 218 Å². The van der Waals surface area contributed by atoms with Crippen LogP contribution in [-0.2, 0) is 0 Å². The topological polar surface area (TPSA) is 51.6 Å². The molecule has 288 valence electrons. The van der Waals surface area contributed by atoms with Crippen LogP contribution in [0.25, 0.3) is 122 Å². The molecule has 0 aliphatic carbocycles. The average Bonchev–Trinajstić information content (AvgIpc) is 3.35. The molecule has 8 aromatic carbocycles. The molecule has 0 saturated heterocycles. The van der Waals surface area contributed by atoms with Gasteiger partial charge in [-0.25, -0.2) is 19.9 Å². The number of nitrogens with zero attached hydrogens (tertiary/aromatic N) is 4. The molecule has 62 heavy (non-hydrogen) atoms. The van der Waals surface area contributed by atoms with E-state index in [-0.39, 0.29) is 0 Å². The van der Waals surface area contributed by atoms with Gasteiger partial charge in [0.15, 0.2) is 0 Å². The second-order valence-electron chi connectivity index (χ2n) is 15.8. The van der Waals surface area contributed by atoms with E-state index >= 15 is 0 Å². The van der Waals surface area contributed by atoms with Gasteiger partial charge in [-0.3, -0.25) is 0 Å². The second-order valence-corrected chi connectivity index (χ2v) is 15.8. The van der Waals surface area contributed by atoms with Crippen molar-refractivity contribution >= 4 is 54.4 Å². The first-order chi connectivity index (χ1) is 30.7. The van der Waals surface area contributed by atoms with E-state index in [1.165, 1.54) is 16.7 Å². The molecule has 0 spiro atoms. The van der Waals surface area contributed by atoms with E-state index in [1.807, 2.05) is 24.3 Å². The fourth-order valence-electron chi connectivity index (χ4n) is 8.80. The lowest BCUT2D eigenvalue weighted by Gasteiger charge is -2.13. The van der Waals surface area contributed by atoms with Crippen molar-refractivity contribution in [3.05, 3.63) is 218 Å². The lowest BCUT2D eigenvalue weighted by molar-refractivity contribution is 1.37. The summed E-state index contributed by atoms with van der Waals surface area (Å²) in [5, 5.41) is 6.57. The minimum absolute atomic E-state index is 0.896. The van der Waals surface area contributed by atoms with E-state index in [4.69, 9.17) is 19.9 Å². The summed E-state index contributed by atoms with van der Waals surface area (Å²) < 4.78 is 0. The molecule has 0 unspecified atom stereocenters. The highest BCUT2D eigenvalue weighted by Gasteiger charge is 2.15. The molecule has 0 radical (unpaired) electrons. The van der Waals surface area contributed by atoms with Crippen LogP contribution in [-0.4, -0.2) is 19.9 Å². The number of aromatic nitrogens is 4. The Hall–Kier alpha value is -8.34. The van der Waals surface area contributed by atoms with Crippen molar-refractivity contribution in [1.29, 1.82) is 0 Å². The predicted molar refractivity (Wildman–Crippen MR) is 258 cm³/mol. The number of fused-ring (bicyclic) bond motifs is 6. The Kier molecular flexibility index (Phi) is 8.46. The summed E-state index contributed by atoms with van der Waals surface area (Å²) in [5.74, 6) is 0. The van der Waals surface area contributed by atoms with E-state index < -0.39 is 0 Å². The molecule has 0 aliphatic rings. The van der Waals surface area contributed by atoms with Crippen molar-refractivity contribution in [2.24, 2.45) is 0 Å². The largest absolute Gasteiger partial charge is 0.248 e. The Bertz CT molecular complexity index is 3670. The quantitative estimate of drug-likeness (QED) is 0.158. The van der Waals surface area contributed by atoms with Crippen LogP contribution in [0.5, 0.6) is 0 Å². The van der Waals surface area contributed by atoms with E-state index in [1.54, 1.807) is 0 Å². The number of benzene rings is 8. The van der Waals surface area contributed by atoms with Gasteiger partial charge in [-0.1, -0.05) is 182 Å². The van der Waals surface area contributed by atoms with Crippen LogP contribution in [0, 0.1) is 0 Å². The second kappa shape index (κ2) is 14.7. The maximum atomic E-state index is 5.31. The average molecular weight is 789 g/mol. The molecule has 4 aromatic heterocycles. The van der Waals surface area contributed by atoms with Gasteiger partial charge in [0.2, 0.25) is 0 Å². The van der Waals surface area contributed by atoms with E-state index in [9.17, 15) is 0 Å². The monoisotopic (exact) mass is 788 g/mol. The fourth-order valence-corrected chi connectivity index (χ4v) is 8.80. The number of hydrogen-bond donors (Lipinski definition) is 0. The smallest absolute Gasteiger partial charge is 0.0972 e. The summed E-state index contributed by atoms with van der Waals surface area (Å²) >= 11 is 0. The van der Waals surface area contributed by atoms with Gasteiger partial charge >= 0.3 is 0 Å². The highest BCUT2D eigenvalue weighted by molar-refractivity contribution is 6.07. The van der Waals surface area contributed by atoms with Crippen LogP contribution >= 0.6 is 0 Å². The first-order valence-corrected chi connectivity index (χ1v) is 20.9. The Morgan fingerprint density at radius 1 is 0.226 bits per heavy atom. The highest BCUT2D eigenvalue weighted by Crippen LogP contribution is 2.37. The van der Waals surface area contributed by atoms with Crippen molar-refractivity contribution in [2.45, 2.75) is 0 Å². The van der Waals surface area contributed by atoms with Crippen LogP contribution in [0.3, 0.4) is 0 Å². The Morgan fingerprint density at radius 3 is 1.21 bits per heavy atom. The summed E-state index contributed by atoms with van der Waals surface area (Å²) in [5.41, 5.74) is 16.4. The minimum atomic E-state index is 0.896. The van der Waals surface area contributed by atoms with Gasteiger partial charge in [0.05, 0.1) is 44.8 Å². The molecule has 0 bridgehead atoms. The van der Waals surface area contributed by atoms with E-state index in [2.05, 4.69) is 194 Å². The zero-order chi connectivity index (χ0) is 41.0. The van der Waals surface area contributed by atoms with Crippen LogP contribution < -0.4 is 0 Å². The van der Waals surface area contributed by atoms with E-state index in [0.29, 0.717) is 0 Å². The van der Waals surface area contributed by atoms with Gasteiger partial charge < -0.3 is 0 Å². The van der Waals surface area contributed by atoms with Crippen molar-refractivity contribution < 1.29 is 0 Å². The normalized spacial score (nSPS) is 11.5. The number of pyridine rings is 4. The zero-order valence-corrected chi connectivity index (χ0v) is 33.6. The van der Waals surface area contributed by atoms with Crippen molar-refractivity contribution in [1.82, 2.24) is 19.9 Å². The first kappa shape index (κ1) is 35.6. The third-order valence-electron chi connectivity index (χ3n) is 12.1. The van der Waals surface area contributed by atoms with Crippen LogP contribution in [0.2, 0.25) is 0 Å². The molecular formula is C58H36N4. The van der Waals surface area contributed by atoms with Gasteiger partial charge in [0.1, 0.15) is 0 Å². The number of rotatable bonds is 6. The molecule has 12 aromatic rings. The third kappa shape index (κ3) is 6.34. The summed E-state index contributed by atoms with van der Waals surface area (Å²) in [6.45, 7) is 0. The van der Waals surface area contributed by atoms with Crippen LogP contribution in [0.4, 0.5) is 0 Å². The van der Waals surface area contributed by atoms with Crippen molar-refractivity contribution in [3.63, 3.8) is 0 Å². The Balaban J connectivity index is 0.891.